The molecule has 1 heterocycles. The molecule has 0 spiro atoms. The van der Waals surface area contributed by atoms with Crippen LogP contribution in [0, 0.1) is 0 Å². The highest BCUT2D eigenvalue weighted by atomic mass is 16.5. The van der Waals surface area contributed by atoms with Crippen LogP contribution in [0.5, 0.6) is 5.75 Å². The van der Waals surface area contributed by atoms with E-state index in [1.165, 1.54) is 0 Å². The zero-order valence-corrected chi connectivity index (χ0v) is 13.7. The van der Waals surface area contributed by atoms with Gasteiger partial charge in [-0.15, -0.1) is 0 Å². The molecule has 1 aromatic rings. The summed E-state index contributed by atoms with van der Waals surface area (Å²) in [7, 11) is 3.83. The van der Waals surface area contributed by atoms with Crippen molar-refractivity contribution < 1.29 is 4.74 Å². The number of hydrogen-bond acceptors (Lipinski definition) is 3. The third-order valence-corrected chi connectivity index (χ3v) is 3.85. The van der Waals surface area contributed by atoms with Crippen LogP contribution in [0.1, 0.15) is 6.92 Å². The van der Waals surface area contributed by atoms with Crippen molar-refractivity contribution in [3.63, 3.8) is 0 Å². The quantitative estimate of drug-likeness (QED) is 0.807. The van der Waals surface area contributed by atoms with Crippen LogP contribution in [0.4, 0.5) is 5.69 Å². The molecule has 1 aromatic carbocycles. The molecule has 0 amide bonds. The third-order valence-electron chi connectivity index (χ3n) is 3.85. The number of para-hydroxylation sites is 2. The molecular formula is C20H20N2O. The van der Waals surface area contributed by atoms with E-state index in [0.717, 1.165) is 34.2 Å². The number of ether oxygens (including phenoxy) is 1. The number of anilines is 1. The molecule has 0 N–H and O–H groups in total. The lowest BCUT2D eigenvalue weighted by atomic mass is 9.98. The lowest BCUT2D eigenvalue weighted by Crippen LogP contribution is -2.14. The number of rotatable bonds is 2. The van der Waals surface area contributed by atoms with Gasteiger partial charge >= 0.3 is 0 Å². The minimum absolute atomic E-state index is 0.810. The molecule has 1 aliphatic carbocycles. The molecule has 0 saturated heterocycles. The maximum absolute atomic E-state index is 5.99. The van der Waals surface area contributed by atoms with Gasteiger partial charge in [-0.25, -0.2) is 0 Å². The van der Waals surface area contributed by atoms with E-state index >= 15 is 0 Å². The molecule has 0 aromatic heterocycles. The molecule has 0 bridgehead atoms. The van der Waals surface area contributed by atoms with E-state index in [9.17, 15) is 0 Å². The van der Waals surface area contributed by atoms with Crippen LogP contribution in [0.15, 0.2) is 88.8 Å². The Balaban J connectivity index is 2.05. The molecule has 3 rings (SSSR count). The molecule has 0 fully saturated rings. The summed E-state index contributed by atoms with van der Waals surface area (Å²) in [5.74, 6) is 1.69. The number of fused-ring (bicyclic) bond motifs is 1. The number of allylic oxidation sites excluding steroid dienone is 9. The van der Waals surface area contributed by atoms with Crippen LogP contribution in [-0.2, 0) is 0 Å². The van der Waals surface area contributed by atoms with Gasteiger partial charge in [0.2, 0.25) is 5.88 Å². The van der Waals surface area contributed by atoms with Crippen LogP contribution in [0.2, 0.25) is 0 Å². The lowest BCUT2D eigenvalue weighted by Gasteiger charge is -2.13. The monoisotopic (exact) mass is 304 g/mol. The van der Waals surface area contributed by atoms with E-state index in [0.29, 0.717) is 0 Å². The first-order chi connectivity index (χ1) is 11.2. The van der Waals surface area contributed by atoms with Crippen molar-refractivity contribution >= 4 is 11.4 Å². The van der Waals surface area contributed by atoms with E-state index < -0.39 is 0 Å². The van der Waals surface area contributed by atoms with E-state index in [2.05, 4.69) is 34.2 Å². The van der Waals surface area contributed by atoms with Gasteiger partial charge in [0.05, 0.1) is 11.4 Å². The Labute approximate surface area is 137 Å². The van der Waals surface area contributed by atoms with Crippen LogP contribution in [-0.4, -0.2) is 19.8 Å². The van der Waals surface area contributed by atoms with Crippen LogP contribution in [0.3, 0.4) is 0 Å². The van der Waals surface area contributed by atoms with Gasteiger partial charge in [0.25, 0.3) is 0 Å². The molecule has 0 radical (unpaired) electrons. The highest BCUT2D eigenvalue weighted by molar-refractivity contribution is 6.12. The van der Waals surface area contributed by atoms with Crippen LogP contribution in [0.25, 0.3) is 0 Å². The minimum Gasteiger partial charge on any atom is -0.439 e. The van der Waals surface area contributed by atoms with E-state index in [4.69, 9.17) is 4.74 Å². The second kappa shape index (κ2) is 6.53. The van der Waals surface area contributed by atoms with Crippen molar-refractivity contribution in [2.24, 2.45) is 4.99 Å². The zero-order chi connectivity index (χ0) is 16.2. The van der Waals surface area contributed by atoms with Gasteiger partial charge in [-0.2, -0.15) is 0 Å². The minimum atomic E-state index is 0.810. The highest BCUT2D eigenvalue weighted by Gasteiger charge is 2.22. The molecule has 1 aliphatic heterocycles. The molecule has 0 unspecified atom stereocenters. The summed E-state index contributed by atoms with van der Waals surface area (Å²) in [5.41, 5.74) is 4.21. The first-order valence-electron chi connectivity index (χ1n) is 7.65. The summed E-state index contributed by atoms with van der Waals surface area (Å²) >= 11 is 0. The van der Waals surface area contributed by atoms with Gasteiger partial charge < -0.3 is 9.64 Å². The number of nitrogens with zero attached hydrogens (tertiary/aromatic N) is 2. The third kappa shape index (κ3) is 2.90. The van der Waals surface area contributed by atoms with Gasteiger partial charge in [-0.05, 0) is 30.7 Å². The Morgan fingerprint density at radius 1 is 1.17 bits per heavy atom. The second-order valence-corrected chi connectivity index (χ2v) is 5.31. The molecule has 3 heteroatoms. The Morgan fingerprint density at radius 2 is 1.96 bits per heavy atom. The fraction of sp³-hybridized carbons (Fsp3) is 0.150. The summed E-state index contributed by atoms with van der Waals surface area (Å²) in [4.78, 5) is 6.43. The van der Waals surface area contributed by atoms with Gasteiger partial charge in [0.1, 0.15) is 0 Å². The Bertz CT molecular complexity index is 792. The van der Waals surface area contributed by atoms with Crippen LogP contribution >= 0.6 is 0 Å². The molecule has 2 aliphatic rings. The van der Waals surface area contributed by atoms with E-state index in [1.54, 1.807) is 0 Å². The lowest BCUT2D eigenvalue weighted by molar-refractivity contribution is 0.443. The Morgan fingerprint density at radius 3 is 2.70 bits per heavy atom. The summed E-state index contributed by atoms with van der Waals surface area (Å²) in [6.07, 6.45) is 14.3. The molecule has 116 valence electrons. The molecule has 0 atom stereocenters. The van der Waals surface area contributed by atoms with Crippen molar-refractivity contribution in [3.8, 4) is 5.75 Å². The van der Waals surface area contributed by atoms with Gasteiger partial charge in [0, 0.05) is 25.7 Å². The highest BCUT2D eigenvalue weighted by Crippen LogP contribution is 2.38. The van der Waals surface area contributed by atoms with E-state index in [-0.39, 0.29) is 0 Å². The number of aliphatic imine (C=N–C) groups is 1. The predicted octanol–water partition coefficient (Wildman–Crippen LogP) is 4.43. The SMILES string of the molecule is C\C=C/C(/C=C1\Oc2ccccc2N1C)=C1/C=CC=CC1=NC. The van der Waals surface area contributed by atoms with Gasteiger partial charge in [-0.1, -0.05) is 42.5 Å². The van der Waals surface area contributed by atoms with Crippen molar-refractivity contribution in [2.45, 2.75) is 6.92 Å². The molecule has 0 saturated carbocycles. The molecular weight excluding hydrogens is 284 g/mol. The normalized spacial score (nSPS) is 22.1. The second-order valence-electron chi connectivity index (χ2n) is 5.31. The van der Waals surface area contributed by atoms with Crippen molar-refractivity contribution in [1.82, 2.24) is 0 Å². The zero-order valence-electron chi connectivity index (χ0n) is 13.7. The Kier molecular flexibility index (Phi) is 4.29. The Hall–Kier alpha value is -2.81. The smallest absolute Gasteiger partial charge is 0.201 e. The van der Waals surface area contributed by atoms with Crippen molar-refractivity contribution in [1.29, 1.82) is 0 Å². The molecule has 23 heavy (non-hydrogen) atoms. The first kappa shape index (κ1) is 15.1. The van der Waals surface area contributed by atoms with E-state index in [1.807, 2.05) is 63.5 Å². The molecule has 3 nitrogen and oxygen atoms in total. The topological polar surface area (TPSA) is 24.8 Å². The standard InChI is InChI=1S/C20H20N2O/c1-4-9-15(16-10-5-6-11-17(16)21-2)14-20-22(3)18-12-7-8-13-19(18)23-20/h4-14H,1-3H3/b9-4-,16-15+,20-14-,21-17?. The largest absolute Gasteiger partial charge is 0.439 e. The summed E-state index contributed by atoms with van der Waals surface area (Å²) in [6.45, 7) is 2.01. The fourth-order valence-corrected chi connectivity index (χ4v) is 2.69. The first-order valence-corrected chi connectivity index (χ1v) is 7.65. The van der Waals surface area contributed by atoms with Gasteiger partial charge in [0.15, 0.2) is 5.75 Å². The van der Waals surface area contributed by atoms with Crippen molar-refractivity contribution in [3.05, 3.63) is 83.8 Å². The number of hydrogen-bond donors (Lipinski definition) is 0. The maximum Gasteiger partial charge on any atom is 0.201 e. The van der Waals surface area contributed by atoms with Crippen LogP contribution < -0.4 is 9.64 Å². The van der Waals surface area contributed by atoms with Crippen molar-refractivity contribution in [2.75, 3.05) is 19.0 Å². The number of benzene rings is 1. The average Bonchev–Trinajstić information content (AvgIpc) is 2.91. The summed E-state index contributed by atoms with van der Waals surface area (Å²) < 4.78 is 5.99. The summed E-state index contributed by atoms with van der Waals surface area (Å²) in [5, 5.41) is 0. The summed E-state index contributed by atoms with van der Waals surface area (Å²) in [6, 6.07) is 8.04. The average molecular weight is 304 g/mol. The maximum atomic E-state index is 5.99. The van der Waals surface area contributed by atoms with Gasteiger partial charge in [-0.3, -0.25) is 4.99 Å². The fourth-order valence-electron chi connectivity index (χ4n) is 2.69. The predicted molar refractivity (Wildman–Crippen MR) is 97.0 cm³/mol.